The highest BCUT2D eigenvalue weighted by molar-refractivity contribution is 7.45. The topological polar surface area (TPSA) is 94.1 Å². The van der Waals surface area contributed by atoms with Crippen molar-refractivity contribution in [3.63, 3.8) is 0 Å². The summed E-state index contributed by atoms with van der Waals surface area (Å²) in [4.78, 5) is 25.0. The van der Waals surface area contributed by atoms with Crippen LogP contribution in [0.25, 0.3) is 0 Å². The predicted molar refractivity (Wildman–Crippen MR) is 221 cm³/mol. The number of likely N-dealkylation sites (N-methyl/N-ethyl adjacent to an activating group) is 1. The van der Waals surface area contributed by atoms with Gasteiger partial charge in [0.1, 0.15) is 19.8 Å². The van der Waals surface area contributed by atoms with E-state index in [0.29, 0.717) is 11.0 Å². The number of ether oxygens (including phenoxy) is 2. The molecule has 0 heterocycles. The largest absolute Gasteiger partial charge is 0.756 e. The Kier molecular flexibility index (Phi) is 35.6. The van der Waals surface area contributed by atoms with Crippen molar-refractivity contribution in [3.8, 4) is 0 Å². The Morgan fingerprint density at radius 2 is 1.11 bits per heavy atom. The molecular formula is C44H80NO7P. The molecule has 0 radical (unpaired) electrons. The molecule has 2 atom stereocenters. The molecule has 0 bridgehead atoms. The molecule has 0 spiro atoms. The van der Waals surface area contributed by atoms with E-state index in [9.17, 15) is 14.3 Å². The van der Waals surface area contributed by atoms with Crippen molar-refractivity contribution in [2.24, 2.45) is 0 Å². The van der Waals surface area contributed by atoms with Crippen LogP contribution in [0, 0.1) is 0 Å². The lowest BCUT2D eigenvalue weighted by Gasteiger charge is -2.28. The lowest BCUT2D eigenvalue weighted by Crippen LogP contribution is -2.37. The van der Waals surface area contributed by atoms with Gasteiger partial charge in [-0.25, -0.2) is 0 Å². The van der Waals surface area contributed by atoms with Gasteiger partial charge in [0.2, 0.25) is 0 Å². The van der Waals surface area contributed by atoms with Gasteiger partial charge in [0.25, 0.3) is 7.82 Å². The van der Waals surface area contributed by atoms with Gasteiger partial charge in [-0.2, -0.15) is 0 Å². The van der Waals surface area contributed by atoms with E-state index >= 15 is 0 Å². The van der Waals surface area contributed by atoms with Gasteiger partial charge in [0, 0.05) is 6.42 Å². The van der Waals surface area contributed by atoms with E-state index < -0.39 is 13.9 Å². The molecule has 0 aromatic carbocycles. The maximum Gasteiger partial charge on any atom is 0.306 e. The number of rotatable bonds is 38. The van der Waals surface area contributed by atoms with Crippen LogP contribution in [0.3, 0.4) is 0 Å². The molecule has 0 rings (SSSR count). The maximum absolute atomic E-state index is 12.6. The Morgan fingerprint density at radius 1 is 0.623 bits per heavy atom. The van der Waals surface area contributed by atoms with Crippen LogP contribution in [0.2, 0.25) is 0 Å². The molecule has 0 aliphatic rings. The minimum atomic E-state index is -4.55. The van der Waals surface area contributed by atoms with Crippen LogP contribution in [0.4, 0.5) is 0 Å². The van der Waals surface area contributed by atoms with Crippen LogP contribution >= 0.6 is 7.82 Å². The average molecular weight is 766 g/mol. The number of phosphoric ester groups is 1. The van der Waals surface area contributed by atoms with Gasteiger partial charge < -0.3 is 27.9 Å². The van der Waals surface area contributed by atoms with Crippen LogP contribution in [0.15, 0.2) is 60.9 Å². The highest BCUT2D eigenvalue weighted by Crippen LogP contribution is 2.38. The molecule has 0 aromatic heterocycles. The minimum absolute atomic E-state index is 0.00869. The van der Waals surface area contributed by atoms with Gasteiger partial charge in [-0.1, -0.05) is 165 Å². The number of hydrogen-bond acceptors (Lipinski definition) is 7. The molecule has 9 heteroatoms. The van der Waals surface area contributed by atoms with E-state index in [4.69, 9.17) is 18.5 Å². The minimum Gasteiger partial charge on any atom is -0.756 e. The number of hydrogen-bond donors (Lipinski definition) is 0. The zero-order valence-electron chi connectivity index (χ0n) is 34.7. The third-order valence-electron chi connectivity index (χ3n) is 8.74. The fraction of sp³-hybridized carbons (Fsp3) is 0.750. The fourth-order valence-corrected chi connectivity index (χ4v) is 6.19. The van der Waals surface area contributed by atoms with E-state index in [1.165, 1.54) is 83.5 Å². The molecule has 0 aliphatic carbocycles. The van der Waals surface area contributed by atoms with Gasteiger partial charge in [0.05, 0.1) is 34.0 Å². The summed E-state index contributed by atoms with van der Waals surface area (Å²) in [6, 6.07) is 0. The Bertz CT molecular complexity index is 1030. The van der Waals surface area contributed by atoms with Crippen LogP contribution in [0.1, 0.15) is 162 Å². The van der Waals surface area contributed by atoms with Crippen LogP contribution in [0.5, 0.6) is 0 Å². The fourth-order valence-electron chi connectivity index (χ4n) is 5.46. The molecule has 308 valence electrons. The van der Waals surface area contributed by atoms with Crippen LogP contribution in [-0.4, -0.2) is 64.1 Å². The first kappa shape index (κ1) is 51.0. The number of carbonyl (C=O) groups is 1. The Morgan fingerprint density at radius 3 is 1.66 bits per heavy atom. The highest BCUT2D eigenvalue weighted by Gasteiger charge is 2.20. The van der Waals surface area contributed by atoms with Crippen molar-refractivity contribution in [1.29, 1.82) is 0 Å². The van der Waals surface area contributed by atoms with Gasteiger partial charge in [-0.15, -0.1) is 0 Å². The first-order valence-corrected chi connectivity index (χ1v) is 22.6. The molecule has 0 fully saturated rings. The Balaban J connectivity index is 4.36. The molecule has 0 N–H and O–H groups in total. The maximum atomic E-state index is 12.6. The number of quaternary nitrogens is 1. The third-order valence-corrected chi connectivity index (χ3v) is 9.71. The van der Waals surface area contributed by atoms with Crippen molar-refractivity contribution < 1.29 is 37.3 Å². The van der Waals surface area contributed by atoms with Gasteiger partial charge in [0.15, 0.2) is 6.10 Å². The van der Waals surface area contributed by atoms with Crippen LogP contribution < -0.4 is 4.89 Å². The monoisotopic (exact) mass is 766 g/mol. The standard InChI is InChI=1S/C44H80NO7P/c1-6-8-10-12-14-16-18-20-22-24-26-28-30-32-34-36-39-49-41-43(42-51-53(47,48)50-40-38-45(3,4)5)52-44(46)37-35-33-31-29-27-25-23-21-19-17-15-13-11-9-7-2/h9,11,13,15,17,19,21,23,36,39,43H,6-8,10,12,14,16,18,20,22,24-35,37-38,40-42H2,1-5H3/b11-9+,15-13+,19-17+,23-21+,39-36+/t43-/m1/s1. The Labute approximate surface area is 326 Å². The molecule has 0 amide bonds. The SMILES string of the molecule is CC/C=C/C=C/C=C/C=C/CCCCCCCC(=O)O[C@H](CO/C=C/CCCCCCCCCCCCCCCC)COP(=O)([O-])OCC[N+](C)(C)C. The molecule has 8 nitrogen and oxygen atoms in total. The predicted octanol–water partition coefficient (Wildman–Crippen LogP) is 11.9. The van der Waals surface area contributed by atoms with Crippen molar-refractivity contribution in [3.05, 3.63) is 60.9 Å². The molecule has 0 aromatic rings. The summed E-state index contributed by atoms with van der Waals surface area (Å²) in [5, 5.41) is 0. The number of nitrogens with zero attached hydrogens (tertiary/aromatic N) is 1. The van der Waals surface area contributed by atoms with E-state index in [1.54, 1.807) is 6.26 Å². The number of esters is 1. The molecule has 1 unspecified atom stereocenters. The second-order valence-corrected chi connectivity index (χ2v) is 16.5. The number of allylic oxidation sites excluding steroid dienone is 9. The van der Waals surface area contributed by atoms with Crippen molar-refractivity contribution in [2.45, 2.75) is 168 Å². The van der Waals surface area contributed by atoms with E-state index in [-0.39, 0.29) is 32.2 Å². The Hall–Kier alpha value is -1.96. The molecule has 0 saturated carbocycles. The number of carbonyl (C=O) groups excluding carboxylic acids is 1. The summed E-state index contributed by atoms with van der Waals surface area (Å²) in [5.41, 5.74) is 0. The molecule has 0 saturated heterocycles. The average Bonchev–Trinajstić information content (AvgIpc) is 3.11. The smallest absolute Gasteiger partial charge is 0.306 e. The first-order valence-electron chi connectivity index (χ1n) is 21.1. The molecule has 53 heavy (non-hydrogen) atoms. The summed E-state index contributed by atoms with van der Waals surface area (Å²) in [7, 11) is 1.30. The van der Waals surface area contributed by atoms with Crippen molar-refractivity contribution >= 4 is 13.8 Å². The lowest BCUT2D eigenvalue weighted by molar-refractivity contribution is -0.870. The normalized spacial score (nSPS) is 14.4. The number of phosphoric acid groups is 1. The van der Waals surface area contributed by atoms with Crippen LogP contribution in [-0.2, 0) is 27.9 Å². The summed E-state index contributed by atoms with van der Waals surface area (Å²) < 4.78 is 34.3. The summed E-state index contributed by atoms with van der Waals surface area (Å²) in [5.74, 6) is -0.380. The third kappa shape index (κ3) is 41.1. The highest BCUT2D eigenvalue weighted by atomic mass is 31.2. The van der Waals surface area contributed by atoms with E-state index in [1.807, 2.05) is 51.5 Å². The zero-order valence-corrected chi connectivity index (χ0v) is 35.6. The quantitative estimate of drug-likeness (QED) is 0.0154. The van der Waals surface area contributed by atoms with Crippen molar-refractivity contribution in [2.75, 3.05) is 47.5 Å². The van der Waals surface area contributed by atoms with Gasteiger partial charge >= 0.3 is 5.97 Å². The van der Waals surface area contributed by atoms with Gasteiger partial charge in [-0.3, -0.25) is 9.36 Å². The summed E-state index contributed by atoms with van der Waals surface area (Å²) >= 11 is 0. The molecular weight excluding hydrogens is 685 g/mol. The summed E-state index contributed by atoms with van der Waals surface area (Å²) in [6.07, 6.45) is 46.1. The first-order chi connectivity index (χ1) is 25.6. The second kappa shape index (κ2) is 37.0. The van der Waals surface area contributed by atoms with Gasteiger partial charge in [-0.05, 0) is 44.6 Å². The van der Waals surface area contributed by atoms with E-state index in [0.717, 1.165) is 57.8 Å². The molecule has 0 aliphatic heterocycles. The second-order valence-electron chi connectivity index (χ2n) is 15.1. The zero-order chi connectivity index (χ0) is 39.1. The number of unbranched alkanes of at least 4 members (excludes halogenated alkanes) is 19. The lowest BCUT2D eigenvalue weighted by atomic mass is 10.0. The van der Waals surface area contributed by atoms with Crippen molar-refractivity contribution in [1.82, 2.24) is 0 Å². The van der Waals surface area contributed by atoms with E-state index in [2.05, 4.69) is 38.2 Å². The summed E-state index contributed by atoms with van der Waals surface area (Å²) in [6.45, 7) is 4.56.